The van der Waals surface area contributed by atoms with Crippen LogP contribution in [0.2, 0.25) is 0 Å². The topological polar surface area (TPSA) is 29.5 Å². The van der Waals surface area contributed by atoms with Crippen molar-refractivity contribution in [2.24, 2.45) is 23.7 Å². The van der Waals surface area contributed by atoms with Gasteiger partial charge in [-0.05, 0) is 30.1 Å². The lowest BCUT2D eigenvalue weighted by Crippen LogP contribution is -2.33. The fourth-order valence-electron chi connectivity index (χ4n) is 3.54. The van der Waals surface area contributed by atoms with Crippen LogP contribution in [0.1, 0.15) is 6.42 Å². The molecule has 0 radical (unpaired) electrons. The van der Waals surface area contributed by atoms with Crippen molar-refractivity contribution in [2.45, 2.75) is 10.2 Å². The van der Waals surface area contributed by atoms with Crippen molar-refractivity contribution in [3.63, 3.8) is 0 Å². The van der Waals surface area contributed by atoms with Crippen molar-refractivity contribution in [3.8, 4) is 0 Å². The summed E-state index contributed by atoms with van der Waals surface area (Å²) in [6.45, 7) is 1.34. The van der Waals surface area contributed by atoms with Crippen LogP contribution >= 0.6 is 34.8 Å². The first kappa shape index (κ1) is 12.9. The van der Waals surface area contributed by atoms with Gasteiger partial charge in [0.25, 0.3) is 0 Å². The Morgan fingerprint density at radius 1 is 1.22 bits per heavy atom. The second-order valence-electron chi connectivity index (χ2n) is 5.35. The van der Waals surface area contributed by atoms with E-state index in [-0.39, 0.29) is 12.7 Å². The van der Waals surface area contributed by atoms with Gasteiger partial charge in [0.1, 0.15) is 6.61 Å². The zero-order chi connectivity index (χ0) is 12.9. The van der Waals surface area contributed by atoms with Crippen molar-refractivity contribution >= 4 is 40.9 Å². The van der Waals surface area contributed by atoms with E-state index in [4.69, 9.17) is 39.5 Å². The van der Waals surface area contributed by atoms with Crippen molar-refractivity contribution in [1.29, 1.82) is 0 Å². The van der Waals surface area contributed by atoms with Gasteiger partial charge in [-0.15, -0.1) is 0 Å². The van der Waals surface area contributed by atoms with Gasteiger partial charge < -0.3 is 9.64 Å². The molecule has 2 bridgehead atoms. The first-order valence-electron chi connectivity index (χ1n) is 6.11. The van der Waals surface area contributed by atoms with Gasteiger partial charge in [-0.2, -0.15) is 0 Å². The number of ether oxygens (including phenoxy) is 1. The summed E-state index contributed by atoms with van der Waals surface area (Å²) in [5.74, 6) is 2.48. The van der Waals surface area contributed by atoms with E-state index in [1.54, 1.807) is 4.90 Å². The number of alkyl halides is 3. The van der Waals surface area contributed by atoms with Gasteiger partial charge in [-0.1, -0.05) is 47.0 Å². The molecule has 1 amide bonds. The van der Waals surface area contributed by atoms with Crippen molar-refractivity contribution in [2.75, 3.05) is 19.7 Å². The van der Waals surface area contributed by atoms with E-state index in [0.717, 1.165) is 13.1 Å². The minimum Gasteiger partial charge on any atom is -0.445 e. The average molecular weight is 311 g/mol. The van der Waals surface area contributed by atoms with Gasteiger partial charge >= 0.3 is 6.09 Å². The van der Waals surface area contributed by atoms with Crippen molar-refractivity contribution in [3.05, 3.63) is 12.2 Å². The Labute approximate surface area is 121 Å². The Kier molecular flexibility index (Phi) is 3.20. The Balaban J connectivity index is 1.56. The molecule has 6 heteroatoms. The summed E-state index contributed by atoms with van der Waals surface area (Å²) in [6, 6.07) is 0. The molecule has 3 nitrogen and oxygen atoms in total. The van der Waals surface area contributed by atoms with E-state index in [2.05, 4.69) is 12.2 Å². The van der Waals surface area contributed by atoms with Crippen LogP contribution in [-0.2, 0) is 4.74 Å². The molecule has 2 aliphatic carbocycles. The molecule has 0 aromatic rings. The van der Waals surface area contributed by atoms with Crippen LogP contribution in [0.3, 0.4) is 0 Å². The number of likely N-dealkylation sites (tertiary alicyclic amines) is 1. The smallest absolute Gasteiger partial charge is 0.409 e. The number of rotatable bonds is 1. The van der Waals surface area contributed by atoms with Crippen LogP contribution in [0, 0.1) is 23.7 Å². The monoisotopic (exact) mass is 309 g/mol. The fourth-order valence-corrected chi connectivity index (χ4v) is 3.70. The molecule has 1 saturated heterocycles. The summed E-state index contributed by atoms with van der Waals surface area (Å²) in [5, 5.41) is 0. The van der Waals surface area contributed by atoms with E-state index in [1.165, 1.54) is 6.42 Å². The van der Waals surface area contributed by atoms with Gasteiger partial charge in [0.05, 0.1) is 0 Å². The molecule has 4 atom stereocenters. The quantitative estimate of drug-likeness (QED) is 0.549. The third-order valence-electron chi connectivity index (χ3n) is 4.28. The number of hydrogen-bond acceptors (Lipinski definition) is 2. The average Bonchev–Trinajstić information content (AvgIpc) is 2.95. The highest BCUT2D eigenvalue weighted by atomic mass is 35.6. The number of halogens is 3. The van der Waals surface area contributed by atoms with Gasteiger partial charge in [-0.3, -0.25) is 0 Å². The number of hydrogen-bond donors (Lipinski definition) is 0. The summed E-state index contributed by atoms with van der Waals surface area (Å²) in [5.41, 5.74) is 0. The predicted octanol–water partition coefficient (Wildman–Crippen LogP) is 3.25. The summed E-state index contributed by atoms with van der Waals surface area (Å²) in [4.78, 5) is 13.6. The molecular weight excluding hydrogens is 296 g/mol. The summed E-state index contributed by atoms with van der Waals surface area (Å²) in [6.07, 6.45) is 5.48. The van der Waals surface area contributed by atoms with Crippen LogP contribution in [0.5, 0.6) is 0 Å². The Hall–Kier alpha value is -0.120. The summed E-state index contributed by atoms with van der Waals surface area (Å²) in [7, 11) is 0. The van der Waals surface area contributed by atoms with E-state index in [9.17, 15) is 4.79 Å². The number of allylic oxidation sites excluding steroid dienone is 2. The molecule has 1 aliphatic heterocycles. The molecule has 0 unspecified atom stereocenters. The van der Waals surface area contributed by atoms with Crippen molar-refractivity contribution < 1.29 is 9.53 Å². The first-order chi connectivity index (χ1) is 8.44. The van der Waals surface area contributed by atoms with E-state index >= 15 is 0 Å². The van der Waals surface area contributed by atoms with E-state index in [1.807, 2.05) is 0 Å². The zero-order valence-electron chi connectivity index (χ0n) is 9.69. The van der Waals surface area contributed by atoms with Gasteiger partial charge in [-0.25, -0.2) is 4.79 Å². The highest BCUT2D eigenvalue weighted by Gasteiger charge is 2.50. The Bertz CT molecular complexity index is 373. The number of fused-ring (bicyclic) bond motifs is 5. The van der Waals surface area contributed by atoms with Gasteiger partial charge in [0, 0.05) is 13.1 Å². The number of nitrogens with zero attached hydrogens (tertiary/aromatic N) is 1. The van der Waals surface area contributed by atoms with Crippen LogP contribution in [-0.4, -0.2) is 34.5 Å². The van der Waals surface area contributed by atoms with Crippen molar-refractivity contribution in [1.82, 2.24) is 4.90 Å². The molecule has 0 aromatic heterocycles. The second kappa shape index (κ2) is 4.46. The van der Waals surface area contributed by atoms with Gasteiger partial charge in [0.2, 0.25) is 3.79 Å². The molecule has 0 spiro atoms. The maximum Gasteiger partial charge on any atom is 0.409 e. The van der Waals surface area contributed by atoms with Crippen LogP contribution in [0.25, 0.3) is 0 Å². The lowest BCUT2D eigenvalue weighted by Gasteiger charge is -2.19. The Morgan fingerprint density at radius 3 is 2.28 bits per heavy atom. The lowest BCUT2D eigenvalue weighted by atomic mass is 9.86. The molecule has 0 aromatic carbocycles. The molecular formula is C12H14Cl3NO2. The van der Waals surface area contributed by atoms with E-state index < -0.39 is 3.79 Å². The molecule has 1 heterocycles. The second-order valence-corrected chi connectivity index (χ2v) is 7.87. The Morgan fingerprint density at radius 2 is 1.78 bits per heavy atom. The zero-order valence-corrected chi connectivity index (χ0v) is 12.0. The van der Waals surface area contributed by atoms with Gasteiger partial charge in [0.15, 0.2) is 0 Å². The first-order valence-corrected chi connectivity index (χ1v) is 7.24. The molecule has 1 saturated carbocycles. The highest BCUT2D eigenvalue weighted by molar-refractivity contribution is 6.67. The van der Waals surface area contributed by atoms with E-state index in [0.29, 0.717) is 23.7 Å². The summed E-state index contributed by atoms with van der Waals surface area (Å²) >= 11 is 16.7. The van der Waals surface area contributed by atoms with Crippen LogP contribution < -0.4 is 0 Å². The minimum atomic E-state index is -1.54. The predicted molar refractivity (Wildman–Crippen MR) is 70.9 cm³/mol. The standard InChI is InChI=1S/C12H14Cl3NO2/c13-12(14,15)6-18-11(17)16-4-9-7-1-2-8(3-7)10(9)5-16/h1-2,7-10H,3-6H2/t7-,8+,9+,10-. The number of amides is 1. The highest BCUT2D eigenvalue weighted by Crippen LogP contribution is 2.51. The fraction of sp³-hybridized carbons (Fsp3) is 0.750. The molecule has 0 N–H and O–H groups in total. The largest absolute Gasteiger partial charge is 0.445 e. The van der Waals surface area contributed by atoms with Crippen LogP contribution in [0.15, 0.2) is 12.2 Å². The molecule has 100 valence electrons. The third-order valence-corrected chi connectivity index (χ3v) is 4.61. The molecule has 18 heavy (non-hydrogen) atoms. The molecule has 2 fully saturated rings. The lowest BCUT2D eigenvalue weighted by molar-refractivity contribution is 0.109. The minimum absolute atomic E-state index is 0.201. The number of carbonyl (C=O) groups excluding carboxylic acids is 1. The van der Waals surface area contributed by atoms with Crippen LogP contribution in [0.4, 0.5) is 4.79 Å². The molecule has 3 aliphatic rings. The third kappa shape index (κ3) is 2.33. The number of carbonyl (C=O) groups is 1. The maximum absolute atomic E-state index is 11.9. The molecule has 3 rings (SSSR count). The summed E-state index contributed by atoms with van der Waals surface area (Å²) < 4.78 is 3.48. The normalized spacial score (nSPS) is 37.2. The maximum atomic E-state index is 11.9. The SMILES string of the molecule is O=C(OCC(Cl)(Cl)Cl)N1C[C@@H]2[C@H](C1)[C@H]1C=C[C@@H]2C1.